The highest BCUT2D eigenvalue weighted by atomic mass is 35.5. The van der Waals surface area contributed by atoms with E-state index in [2.05, 4.69) is 5.32 Å². The number of benzene rings is 2. The highest BCUT2D eigenvalue weighted by Crippen LogP contribution is 2.28. The Hall–Kier alpha value is -2.04. The summed E-state index contributed by atoms with van der Waals surface area (Å²) in [6.45, 7) is 3.61. The Morgan fingerprint density at radius 2 is 2.05 bits per heavy atom. The monoisotopic (exact) mass is 304 g/mol. The van der Waals surface area contributed by atoms with Crippen molar-refractivity contribution in [3.8, 4) is 11.5 Å². The molecule has 2 aromatic rings. The van der Waals surface area contributed by atoms with Gasteiger partial charge in [0.15, 0.2) is 0 Å². The highest BCUT2D eigenvalue weighted by molar-refractivity contribution is 6.31. The van der Waals surface area contributed by atoms with Gasteiger partial charge < -0.3 is 15.8 Å². The van der Waals surface area contributed by atoms with E-state index in [0.29, 0.717) is 28.6 Å². The van der Waals surface area contributed by atoms with E-state index in [-0.39, 0.29) is 0 Å². The minimum atomic E-state index is -0.527. The zero-order valence-electron chi connectivity index (χ0n) is 11.7. The number of hydrogen-bond donors (Lipinski definition) is 2. The first-order chi connectivity index (χ1) is 10.1. The van der Waals surface area contributed by atoms with Crippen molar-refractivity contribution in [1.82, 2.24) is 5.32 Å². The molecule has 2 rings (SSSR count). The molecule has 0 unspecified atom stereocenters. The summed E-state index contributed by atoms with van der Waals surface area (Å²) in [6, 6.07) is 12.3. The first-order valence-electron chi connectivity index (χ1n) is 6.67. The van der Waals surface area contributed by atoms with Gasteiger partial charge in [-0.3, -0.25) is 4.79 Å². The predicted octanol–water partition coefficient (Wildman–Crippen LogP) is 3.34. The van der Waals surface area contributed by atoms with Crippen LogP contribution in [0.3, 0.4) is 0 Å². The molecule has 0 aliphatic rings. The van der Waals surface area contributed by atoms with Gasteiger partial charge in [0.25, 0.3) is 5.91 Å². The third kappa shape index (κ3) is 3.97. The van der Waals surface area contributed by atoms with Gasteiger partial charge >= 0.3 is 0 Å². The number of primary amides is 1. The van der Waals surface area contributed by atoms with E-state index < -0.39 is 5.91 Å². The second kappa shape index (κ2) is 7.11. The molecule has 0 saturated carbocycles. The van der Waals surface area contributed by atoms with Crippen molar-refractivity contribution in [2.24, 2.45) is 5.73 Å². The first-order valence-corrected chi connectivity index (χ1v) is 7.05. The molecule has 0 fully saturated rings. The van der Waals surface area contributed by atoms with Crippen LogP contribution in [0.2, 0.25) is 5.02 Å². The Bertz CT molecular complexity index is 644. The van der Waals surface area contributed by atoms with Crippen LogP contribution in [0.25, 0.3) is 0 Å². The molecule has 2 aromatic carbocycles. The summed E-state index contributed by atoms with van der Waals surface area (Å²) in [5.74, 6) is 0.454. The van der Waals surface area contributed by atoms with E-state index in [1.54, 1.807) is 30.3 Å². The van der Waals surface area contributed by atoms with E-state index in [1.807, 2.05) is 19.1 Å². The third-order valence-electron chi connectivity index (χ3n) is 2.97. The molecule has 3 N–H and O–H groups in total. The van der Waals surface area contributed by atoms with E-state index in [9.17, 15) is 4.79 Å². The van der Waals surface area contributed by atoms with Crippen LogP contribution in [0.5, 0.6) is 11.5 Å². The standard InChI is InChI=1S/C16H17ClN2O2/c1-2-19-10-11-7-8-12(9-14(11)17)21-15-6-4-3-5-13(15)16(18)20/h3-9,19H,2,10H2,1H3,(H2,18,20). The van der Waals surface area contributed by atoms with Gasteiger partial charge in [-0.2, -0.15) is 0 Å². The van der Waals surface area contributed by atoms with Crippen LogP contribution in [-0.4, -0.2) is 12.5 Å². The number of halogens is 1. The largest absolute Gasteiger partial charge is 0.456 e. The number of amides is 1. The zero-order valence-corrected chi connectivity index (χ0v) is 12.5. The summed E-state index contributed by atoms with van der Waals surface area (Å²) in [7, 11) is 0. The summed E-state index contributed by atoms with van der Waals surface area (Å²) >= 11 is 6.22. The molecule has 0 atom stereocenters. The molecule has 0 radical (unpaired) electrons. The molecule has 0 saturated heterocycles. The summed E-state index contributed by atoms with van der Waals surface area (Å²) in [6.07, 6.45) is 0. The predicted molar refractivity (Wildman–Crippen MR) is 83.9 cm³/mol. The molecule has 0 aliphatic carbocycles. The van der Waals surface area contributed by atoms with E-state index in [0.717, 1.165) is 12.1 Å². The van der Waals surface area contributed by atoms with Crippen molar-refractivity contribution in [1.29, 1.82) is 0 Å². The van der Waals surface area contributed by atoms with Crippen molar-refractivity contribution in [2.45, 2.75) is 13.5 Å². The number of hydrogen-bond acceptors (Lipinski definition) is 3. The molecule has 4 nitrogen and oxygen atoms in total. The Morgan fingerprint density at radius 1 is 1.29 bits per heavy atom. The number of nitrogens with one attached hydrogen (secondary N) is 1. The number of ether oxygens (including phenoxy) is 1. The van der Waals surface area contributed by atoms with Crippen molar-refractivity contribution in [3.63, 3.8) is 0 Å². The van der Waals surface area contributed by atoms with Crippen molar-refractivity contribution in [2.75, 3.05) is 6.54 Å². The van der Waals surface area contributed by atoms with Crippen LogP contribution in [-0.2, 0) is 6.54 Å². The lowest BCUT2D eigenvalue weighted by Crippen LogP contribution is -2.12. The molecule has 110 valence electrons. The minimum absolute atomic E-state index is 0.338. The van der Waals surface area contributed by atoms with Crippen LogP contribution < -0.4 is 15.8 Å². The molecule has 1 amide bonds. The maximum Gasteiger partial charge on any atom is 0.252 e. The van der Waals surface area contributed by atoms with Gasteiger partial charge in [0, 0.05) is 11.6 Å². The number of nitrogens with two attached hydrogens (primary N) is 1. The quantitative estimate of drug-likeness (QED) is 0.860. The fourth-order valence-electron chi connectivity index (χ4n) is 1.88. The van der Waals surface area contributed by atoms with Crippen molar-refractivity contribution >= 4 is 17.5 Å². The smallest absolute Gasteiger partial charge is 0.252 e. The van der Waals surface area contributed by atoms with Crippen LogP contribution >= 0.6 is 11.6 Å². The minimum Gasteiger partial charge on any atom is -0.456 e. The summed E-state index contributed by atoms with van der Waals surface area (Å²) in [4.78, 5) is 11.4. The molecule has 0 aliphatic heterocycles. The molecule has 0 heterocycles. The molecular weight excluding hydrogens is 288 g/mol. The van der Waals surface area contributed by atoms with Crippen LogP contribution in [0.15, 0.2) is 42.5 Å². The second-order valence-electron chi connectivity index (χ2n) is 4.50. The van der Waals surface area contributed by atoms with Gasteiger partial charge in [-0.15, -0.1) is 0 Å². The maximum absolute atomic E-state index is 11.4. The van der Waals surface area contributed by atoms with Crippen LogP contribution in [0.4, 0.5) is 0 Å². The van der Waals surface area contributed by atoms with Crippen LogP contribution in [0.1, 0.15) is 22.8 Å². The van der Waals surface area contributed by atoms with E-state index >= 15 is 0 Å². The van der Waals surface area contributed by atoms with Gasteiger partial charge in [0.2, 0.25) is 0 Å². The number of carbonyl (C=O) groups excluding carboxylic acids is 1. The number of carbonyl (C=O) groups is 1. The lowest BCUT2D eigenvalue weighted by atomic mass is 10.2. The SMILES string of the molecule is CCNCc1ccc(Oc2ccccc2C(N)=O)cc1Cl. The van der Waals surface area contributed by atoms with Gasteiger partial charge in [-0.1, -0.05) is 36.7 Å². The normalized spacial score (nSPS) is 10.4. The third-order valence-corrected chi connectivity index (χ3v) is 3.32. The Labute approximate surface area is 128 Å². The lowest BCUT2D eigenvalue weighted by Gasteiger charge is -2.11. The Kier molecular flexibility index (Phi) is 5.20. The summed E-state index contributed by atoms with van der Waals surface area (Å²) in [5.41, 5.74) is 6.66. The van der Waals surface area contributed by atoms with Crippen molar-refractivity contribution in [3.05, 3.63) is 58.6 Å². The topological polar surface area (TPSA) is 64.3 Å². The van der Waals surface area contributed by atoms with Crippen molar-refractivity contribution < 1.29 is 9.53 Å². The van der Waals surface area contributed by atoms with E-state index in [4.69, 9.17) is 22.1 Å². The Morgan fingerprint density at radius 3 is 2.71 bits per heavy atom. The fraction of sp³-hybridized carbons (Fsp3) is 0.188. The molecule has 0 aromatic heterocycles. The summed E-state index contributed by atoms with van der Waals surface area (Å²) in [5, 5.41) is 3.83. The van der Waals surface area contributed by atoms with Gasteiger partial charge in [-0.05, 0) is 36.4 Å². The van der Waals surface area contributed by atoms with Gasteiger partial charge in [-0.25, -0.2) is 0 Å². The second-order valence-corrected chi connectivity index (χ2v) is 4.90. The molecule has 21 heavy (non-hydrogen) atoms. The first kappa shape index (κ1) is 15.4. The molecular formula is C16H17ClN2O2. The van der Waals surface area contributed by atoms with Gasteiger partial charge in [0.1, 0.15) is 11.5 Å². The average molecular weight is 305 g/mol. The fourth-order valence-corrected chi connectivity index (χ4v) is 2.12. The van der Waals surface area contributed by atoms with E-state index in [1.165, 1.54) is 0 Å². The Balaban J connectivity index is 2.21. The van der Waals surface area contributed by atoms with Crippen LogP contribution in [0, 0.1) is 0 Å². The maximum atomic E-state index is 11.4. The highest BCUT2D eigenvalue weighted by Gasteiger charge is 2.10. The lowest BCUT2D eigenvalue weighted by molar-refractivity contribution is 0.0998. The number of rotatable bonds is 6. The summed E-state index contributed by atoms with van der Waals surface area (Å²) < 4.78 is 5.71. The number of para-hydroxylation sites is 1. The molecule has 0 spiro atoms. The average Bonchev–Trinajstić information content (AvgIpc) is 2.47. The zero-order chi connectivity index (χ0) is 15.2. The van der Waals surface area contributed by atoms with Gasteiger partial charge in [0.05, 0.1) is 5.56 Å². The molecule has 0 bridgehead atoms. The molecule has 5 heteroatoms.